The topological polar surface area (TPSA) is 57.4 Å². The van der Waals surface area contributed by atoms with Crippen molar-refractivity contribution in [2.24, 2.45) is 0 Å². The summed E-state index contributed by atoms with van der Waals surface area (Å²) in [6.45, 7) is 7.98. The van der Waals surface area contributed by atoms with Crippen LogP contribution in [0.1, 0.15) is 19.7 Å². The molecule has 2 rings (SSSR count). The lowest BCUT2D eigenvalue weighted by atomic mass is 10.2. The van der Waals surface area contributed by atoms with Crippen molar-refractivity contribution in [3.63, 3.8) is 0 Å². The SMILES string of the molecule is C=CCOc1ccc(-c2noc(C=C(C)C)n2)cc1OC. The Bertz CT molecular complexity index is 655. The molecule has 0 saturated carbocycles. The van der Waals surface area contributed by atoms with Gasteiger partial charge in [0, 0.05) is 11.6 Å². The minimum absolute atomic E-state index is 0.419. The number of allylic oxidation sites excluding steroid dienone is 1. The Kier molecular flexibility index (Phi) is 4.77. The summed E-state index contributed by atoms with van der Waals surface area (Å²) in [5, 5.41) is 3.96. The van der Waals surface area contributed by atoms with E-state index >= 15 is 0 Å². The maximum atomic E-state index is 5.51. The van der Waals surface area contributed by atoms with Gasteiger partial charge in [0.05, 0.1) is 7.11 Å². The molecule has 0 saturated heterocycles. The summed E-state index contributed by atoms with van der Waals surface area (Å²) in [5.41, 5.74) is 1.89. The van der Waals surface area contributed by atoms with Gasteiger partial charge in [-0.25, -0.2) is 0 Å². The molecule has 1 aromatic carbocycles. The van der Waals surface area contributed by atoms with Gasteiger partial charge < -0.3 is 14.0 Å². The van der Waals surface area contributed by atoms with Crippen LogP contribution in [0.15, 0.2) is 41.0 Å². The average Bonchev–Trinajstić information content (AvgIpc) is 2.92. The average molecular weight is 286 g/mol. The molecule has 0 amide bonds. The molecule has 0 unspecified atom stereocenters. The molecule has 1 heterocycles. The lowest BCUT2D eigenvalue weighted by Gasteiger charge is -2.09. The van der Waals surface area contributed by atoms with Crippen molar-refractivity contribution in [2.75, 3.05) is 13.7 Å². The summed E-state index contributed by atoms with van der Waals surface area (Å²) >= 11 is 0. The summed E-state index contributed by atoms with van der Waals surface area (Å²) in [7, 11) is 1.59. The Hall–Kier alpha value is -2.56. The molecule has 5 nitrogen and oxygen atoms in total. The van der Waals surface area contributed by atoms with E-state index in [4.69, 9.17) is 14.0 Å². The number of ether oxygens (including phenoxy) is 2. The van der Waals surface area contributed by atoms with Crippen molar-refractivity contribution >= 4 is 6.08 Å². The molecule has 110 valence electrons. The number of rotatable bonds is 6. The molecule has 2 aromatic rings. The van der Waals surface area contributed by atoms with E-state index in [0.717, 1.165) is 11.1 Å². The van der Waals surface area contributed by atoms with Crippen LogP contribution in [-0.4, -0.2) is 23.9 Å². The van der Waals surface area contributed by atoms with E-state index in [1.54, 1.807) is 13.2 Å². The molecule has 0 spiro atoms. The van der Waals surface area contributed by atoms with Crippen LogP contribution in [0, 0.1) is 0 Å². The fourth-order valence-electron chi connectivity index (χ4n) is 1.73. The molecule has 0 N–H and O–H groups in total. The van der Waals surface area contributed by atoms with E-state index in [-0.39, 0.29) is 0 Å². The first-order chi connectivity index (χ1) is 10.1. The van der Waals surface area contributed by atoms with Gasteiger partial charge in [0.15, 0.2) is 11.5 Å². The van der Waals surface area contributed by atoms with Gasteiger partial charge in [0.2, 0.25) is 5.82 Å². The standard InChI is InChI=1S/C16H18N2O3/c1-5-8-20-13-7-6-12(10-14(13)19-4)16-17-15(21-18-16)9-11(2)3/h5-7,9-10H,1,8H2,2-4H3. The van der Waals surface area contributed by atoms with Gasteiger partial charge in [-0.2, -0.15) is 4.98 Å². The molecule has 0 aliphatic rings. The summed E-state index contributed by atoms with van der Waals surface area (Å²) in [4.78, 5) is 4.32. The van der Waals surface area contributed by atoms with Crippen LogP contribution in [0.4, 0.5) is 0 Å². The van der Waals surface area contributed by atoms with Crippen LogP contribution in [0.3, 0.4) is 0 Å². The molecular formula is C16H18N2O3. The zero-order valence-corrected chi connectivity index (χ0v) is 12.4. The first-order valence-corrected chi connectivity index (χ1v) is 6.54. The molecule has 0 aliphatic heterocycles. The molecule has 0 radical (unpaired) electrons. The number of nitrogens with zero attached hydrogens (tertiary/aromatic N) is 2. The maximum absolute atomic E-state index is 5.51. The molecular weight excluding hydrogens is 268 g/mol. The maximum Gasteiger partial charge on any atom is 0.250 e. The zero-order valence-electron chi connectivity index (χ0n) is 12.4. The predicted octanol–water partition coefficient (Wildman–Crippen LogP) is 3.73. The van der Waals surface area contributed by atoms with Crippen molar-refractivity contribution in [2.45, 2.75) is 13.8 Å². The minimum atomic E-state index is 0.419. The monoisotopic (exact) mass is 286 g/mol. The summed E-state index contributed by atoms with van der Waals surface area (Å²) in [5.74, 6) is 2.25. The van der Waals surface area contributed by atoms with Crippen LogP contribution >= 0.6 is 0 Å². The summed E-state index contributed by atoms with van der Waals surface area (Å²) < 4.78 is 16.0. The van der Waals surface area contributed by atoms with Gasteiger partial charge in [-0.3, -0.25) is 0 Å². The fourth-order valence-corrected chi connectivity index (χ4v) is 1.73. The van der Waals surface area contributed by atoms with Crippen LogP contribution < -0.4 is 9.47 Å². The van der Waals surface area contributed by atoms with Crippen LogP contribution in [0.25, 0.3) is 17.5 Å². The first-order valence-electron chi connectivity index (χ1n) is 6.54. The number of benzene rings is 1. The van der Waals surface area contributed by atoms with Gasteiger partial charge >= 0.3 is 0 Å². The third-order valence-corrected chi connectivity index (χ3v) is 2.63. The van der Waals surface area contributed by atoms with Gasteiger partial charge in [-0.05, 0) is 32.0 Å². The molecule has 0 fully saturated rings. The highest BCUT2D eigenvalue weighted by molar-refractivity contribution is 5.61. The largest absolute Gasteiger partial charge is 0.493 e. The summed E-state index contributed by atoms with van der Waals surface area (Å²) in [6, 6.07) is 5.49. The van der Waals surface area contributed by atoms with Gasteiger partial charge in [-0.1, -0.05) is 23.4 Å². The highest BCUT2D eigenvalue weighted by Crippen LogP contribution is 2.31. The number of hydrogen-bond acceptors (Lipinski definition) is 5. The predicted molar refractivity (Wildman–Crippen MR) is 81.3 cm³/mol. The molecule has 0 bridgehead atoms. The third-order valence-electron chi connectivity index (χ3n) is 2.63. The van der Waals surface area contributed by atoms with E-state index in [1.165, 1.54) is 0 Å². The Balaban J connectivity index is 2.29. The quantitative estimate of drug-likeness (QED) is 0.757. The molecule has 0 aliphatic carbocycles. The van der Waals surface area contributed by atoms with Crippen molar-refractivity contribution in [1.29, 1.82) is 0 Å². The highest BCUT2D eigenvalue weighted by Gasteiger charge is 2.11. The van der Waals surface area contributed by atoms with Crippen LogP contribution in [-0.2, 0) is 0 Å². The normalized spacial score (nSPS) is 10.0. The molecule has 21 heavy (non-hydrogen) atoms. The van der Waals surface area contributed by atoms with Gasteiger partial charge in [0.25, 0.3) is 5.89 Å². The van der Waals surface area contributed by atoms with Crippen LogP contribution in [0.2, 0.25) is 0 Å². The van der Waals surface area contributed by atoms with Crippen molar-refractivity contribution in [3.05, 3.63) is 42.3 Å². The van der Waals surface area contributed by atoms with Crippen molar-refractivity contribution in [1.82, 2.24) is 10.1 Å². The number of methoxy groups -OCH3 is 1. The zero-order chi connectivity index (χ0) is 15.2. The summed E-state index contributed by atoms with van der Waals surface area (Å²) in [6.07, 6.45) is 3.51. The second-order valence-corrected chi connectivity index (χ2v) is 4.64. The van der Waals surface area contributed by atoms with E-state index in [2.05, 4.69) is 16.7 Å². The second-order valence-electron chi connectivity index (χ2n) is 4.64. The molecule has 1 aromatic heterocycles. The lowest BCUT2D eigenvalue weighted by Crippen LogP contribution is -1.96. The molecule has 0 atom stereocenters. The van der Waals surface area contributed by atoms with E-state index in [9.17, 15) is 0 Å². The van der Waals surface area contributed by atoms with Gasteiger partial charge in [-0.15, -0.1) is 0 Å². The smallest absolute Gasteiger partial charge is 0.250 e. The minimum Gasteiger partial charge on any atom is -0.493 e. The van der Waals surface area contributed by atoms with E-state index in [0.29, 0.717) is 29.8 Å². The third kappa shape index (κ3) is 3.72. The van der Waals surface area contributed by atoms with Gasteiger partial charge in [0.1, 0.15) is 6.61 Å². The number of hydrogen-bond donors (Lipinski definition) is 0. The number of aromatic nitrogens is 2. The lowest BCUT2D eigenvalue weighted by molar-refractivity contribution is 0.326. The van der Waals surface area contributed by atoms with Crippen molar-refractivity contribution < 1.29 is 14.0 Å². The Morgan fingerprint density at radius 1 is 1.33 bits per heavy atom. The van der Waals surface area contributed by atoms with Crippen molar-refractivity contribution in [3.8, 4) is 22.9 Å². The fraction of sp³-hybridized carbons (Fsp3) is 0.250. The second kappa shape index (κ2) is 6.74. The van der Waals surface area contributed by atoms with E-state index in [1.807, 2.05) is 38.1 Å². The molecule has 5 heteroatoms. The Morgan fingerprint density at radius 3 is 2.81 bits per heavy atom. The highest BCUT2D eigenvalue weighted by atomic mass is 16.5. The first kappa shape index (κ1) is 14.8. The van der Waals surface area contributed by atoms with Crippen LogP contribution in [0.5, 0.6) is 11.5 Å². The Labute approximate surface area is 123 Å². The van der Waals surface area contributed by atoms with E-state index < -0.39 is 0 Å². The Morgan fingerprint density at radius 2 is 2.14 bits per heavy atom.